The normalized spacial score (nSPS) is 12.6. The molecule has 1 N–H and O–H groups in total. The van der Waals surface area contributed by atoms with Gasteiger partial charge in [0.15, 0.2) is 0 Å². The lowest BCUT2D eigenvalue weighted by molar-refractivity contribution is 0.971. The Bertz CT molecular complexity index is 557. The van der Waals surface area contributed by atoms with Crippen LogP contribution in [0.15, 0.2) is 41.8 Å². The number of hydrogen-bond acceptors (Lipinski definition) is 2. The minimum atomic E-state index is -0.314. The van der Waals surface area contributed by atoms with Crippen molar-refractivity contribution >= 4 is 10.9 Å². The zero-order valence-electron chi connectivity index (χ0n) is 8.53. The van der Waals surface area contributed by atoms with Gasteiger partial charge in [-0.25, -0.2) is 9.78 Å². The lowest BCUT2D eigenvalue weighted by atomic mass is 10.0. The van der Waals surface area contributed by atoms with E-state index >= 15 is 0 Å². The number of aromatic nitrogens is 2. The van der Waals surface area contributed by atoms with E-state index in [9.17, 15) is 4.79 Å². The summed E-state index contributed by atoms with van der Waals surface area (Å²) in [7, 11) is 0. The Morgan fingerprint density at radius 3 is 3.07 bits per heavy atom. The molecule has 1 aromatic carbocycles. The molecule has 2 aromatic rings. The Labute approximate surface area is 87.5 Å². The second kappa shape index (κ2) is 3.69. The zero-order chi connectivity index (χ0) is 10.8. The van der Waals surface area contributed by atoms with Crippen LogP contribution in [-0.2, 0) is 0 Å². The van der Waals surface area contributed by atoms with Gasteiger partial charge < -0.3 is 4.98 Å². The summed E-state index contributed by atoms with van der Waals surface area (Å²) in [6.07, 6.45) is 3.46. The molecule has 1 atom stereocenters. The molecule has 76 valence electrons. The van der Waals surface area contributed by atoms with Crippen molar-refractivity contribution in [1.82, 2.24) is 9.97 Å². The summed E-state index contributed by atoms with van der Waals surface area (Å²) in [5.74, 6) is 0.283. The summed E-state index contributed by atoms with van der Waals surface area (Å²) < 4.78 is 0. The number of rotatable bonds is 2. The number of benzene rings is 1. The molecule has 0 aliphatic heterocycles. The van der Waals surface area contributed by atoms with E-state index in [1.54, 1.807) is 6.20 Å². The maximum atomic E-state index is 11.0. The Balaban J connectivity index is 2.63. The van der Waals surface area contributed by atoms with Gasteiger partial charge in [-0.05, 0) is 17.5 Å². The van der Waals surface area contributed by atoms with E-state index in [4.69, 9.17) is 0 Å². The smallest absolute Gasteiger partial charge is 0.305 e. The Hall–Kier alpha value is -1.90. The molecule has 2 rings (SSSR count). The van der Waals surface area contributed by atoms with Gasteiger partial charge in [-0.3, -0.25) is 0 Å². The van der Waals surface area contributed by atoms with Crippen LogP contribution in [0.4, 0.5) is 0 Å². The van der Waals surface area contributed by atoms with Crippen LogP contribution in [0.1, 0.15) is 18.4 Å². The molecule has 0 amide bonds. The van der Waals surface area contributed by atoms with Crippen LogP contribution >= 0.6 is 0 Å². The molecule has 0 aliphatic carbocycles. The molecule has 0 saturated heterocycles. The molecule has 0 aliphatic rings. The van der Waals surface area contributed by atoms with E-state index in [2.05, 4.69) is 23.5 Å². The molecule has 3 heteroatoms. The largest absolute Gasteiger partial charge is 0.345 e. The molecular weight excluding hydrogens is 188 g/mol. The van der Waals surface area contributed by atoms with Crippen molar-refractivity contribution in [3.63, 3.8) is 0 Å². The third-order valence-corrected chi connectivity index (χ3v) is 2.52. The summed E-state index contributed by atoms with van der Waals surface area (Å²) in [4.78, 5) is 17.4. The van der Waals surface area contributed by atoms with Crippen molar-refractivity contribution in [2.45, 2.75) is 12.8 Å². The summed E-state index contributed by atoms with van der Waals surface area (Å²) in [6, 6.07) is 5.94. The van der Waals surface area contributed by atoms with Crippen molar-refractivity contribution in [2.24, 2.45) is 0 Å². The topological polar surface area (TPSA) is 45.8 Å². The first-order valence-electron chi connectivity index (χ1n) is 4.82. The molecule has 0 bridgehead atoms. The van der Waals surface area contributed by atoms with E-state index < -0.39 is 0 Å². The van der Waals surface area contributed by atoms with Gasteiger partial charge in [-0.1, -0.05) is 25.1 Å². The highest BCUT2D eigenvalue weighted by Crippen LogP contribution is 2.19. The van der Waals surface area contributed by atoms with Crippen LogP contribution in [-0.4, -0.2) is 9.97 Å². The van der Waals surface area contributed by atoms with Gasteiger partial charge in [0.2, 0.25) is 0 Å². The van der Waals surface area contributed by atoms with Crippen LogP contribution in [0.2, 0.25) is 0 Å². The van der Waals surface area contributed by atoms with Crippen molar-refractivity contribution in [3.8, 4) is 0 Å². The Morgan fingerprint density at radius 1 is 1.53 bits per heavy atom. The molecule has 0 fully saturated rings. The second-order valence-electron chi connectivity index (χ2n) is 3.56. The van der Waals surface area contributed by atoms with Crippen molar-refractivity contribution in [2.75, 3.05) is 0 Å². The van der Waals surface area contributed by atoms with Gasteiger partial charge in [0, 0.05) is 11.6 Å². The van der Waals surface area contributed by atoms with Gasteiger partial charge in [-0.15, -0.1) is 6.58 Å². The fraction of sp³-hybridized carbons (Fsp3) is 0.167. The fourth-order valence-electron chi connectivity index (χ4n) is 1.49. The van der Waals surface area contributed by atoms with E-state index in [0.717, 1.165) is 16.5 Å². The monoisotopic (exact) mass is 200 g/mol. The number of aromatic amines is 1. The van der Waals surface area contributed by atoms with Crippen LogP contribution in [0.3, 0.4) is 0 Å². The summed E-state index contributed by atoms with van der Waals surface area (Å²) in [5.41, 5.74) is 1.64. The Morgan fingerprint density at radius 2 is 2.33 bits per heavy atom. The van der Waals surface area contributed by atoms with Gasteiger partial charge in [0.05, 0.1) is 5.52 Å². The first-order valence-corrected chi connectivity index (χ1v) is 4.82. The number of nitrogens with one attached hydrogen (secondary N) is 1. The van der Waals surface area contributed by atoms with Crippen LogP contribution in [0, 0.1) is 0 Å². The molecule has 3 nitrogen and oxygen atoms in total. The van der Waals surface area contributed by atoms with Crippen LogP contribution < -0.4 is 5.69 Å². The summed E-state index contributed by atoms with van der Waals surface area (Å²) in [5, 5.41) is 0.939. The lowest BCUT2D eigenvalue weighted by Gasteiger charge is -2.06. The summed E-state index contributed by atoms with van der Waals surface area (Å²) >= 11 is 0. The summed E-state index contributed by atoms with van der Waals surface area (Å²) in [6.45, 7) is 5.81. The maximum absolute atomic E-state index is 11.0. The van der Waals surface area contributed by atoms with E-state index in [0.29, 0.717) is 0 Å². The van der Waals surface area contributed by atoms with Crippen molar-refractivity contribution in [1.29, 1.82) is 0 Å². The highest BCUT2D eigenvalue weighted by atomic mass is 16.1. The standard InChI is InChI=1S/C12H12N2O/c1-3-8(2)9-4-5-10-7-13-12(15)14-11(10)6-9/h3-8H,1H2,2H3,(H,13,14,15). The number of allylic oxidation sites excluding steroid dienone is 1. The average molecular weight is 200 g/mol. The van der Waals surface area contributed by atoms with Gasteiger partial charge in [-0.2, -0.15) is 0 Å². The number of H-pyrrole nitrogens is 1. The number of hydrogen-bond donors (Lipinski definition) is 1. The van der Waals surface area contributed by atoms with Crippen LogP contribution in [0.25, 0.3) is 10.9 Å². The maximum Gasteiger partial charge on any atom is 0.345 e. The molecule has 1 unspecified atom stereocenters. The van der Waals surface area contributed by atoms with E-state index in [1.165, 1.54) is 0 Å². The molecule has 1 heterocycles. The molecule has 0 saturated carbocycles. The van der Waals surface area contributed by atoms with Crippen LogP contribution in [0.5, 0.6) is 0 Å². The van der Waals surface area contributed by atoms with Gasteiger partial charge in [0.25, 0.3) is 0 Å². The zero-order valence-corrected chi connectivity index (χ0v) is 8.53. The molecule has 1 aromatic heterocycles. The quantitative estimate of drug-likeness (QED) is 0.755. The van der Waals surface area contributed by atoms with Crippen molar-refractivity contribution in [3.05, 3.63) is 53.1 Å². The highest BCUT2D eigenvalue weighted by molar-refractivity contribution is 5.78. The third-order valence-electron chi connectivity index (χ3n) is 2.52. The predicted octanol–water partition coefficient (Wildman–Crippen LogP) is 2.21. The van der Waals surface area contributed by atoms with Crippen molar-refractivity contribution < 1.29 is 0 Å². The molecule has 0 spiro atoms. The van der Waals surface area contributed by atoms with E-state index in [1.807, 2.05) is 24.3 Å². The van der Waals surface area contributed by atoms with E-state index in [-0.39, 0.29) is 11.6 Å². The molecule has 15 heavy (non-hydrogen) atoms. The second-order valence-corrected chi connectivity index (χ2v) is 3.56. The average Bonchev–Trinajstić information content (AvgIpc) is 2.27. The minimum Gasteiger partial charge on any atom is -0.305 e. The first-order chi connectivity index (χ1) is 7.20. The Kier molecular flexibility index (Phi) is 2.37. The number of nitrogens with zero attached hydrogens (tertiary/aromatic N) is 1. The SMILES string of the molecule is C=CC(C)c1ccc2cnc(=O)[nH]c2c1. The first kappa shape index (κ1) is 9.65. The van der Waals surface area contributed by atoms with Gasteiger partial charge in [0.1, 0.15) is 0 Å². The fourth-order valence-corrected chi connectivity index (χ4v) is 1.49. The number of fused-ring (bicyclic) bond motifs is 1. The highest BCUT2D eigenvalue weighted by Gasteiger charge is 2.02. The predicted molar refractivity (Wildman–Crippen MR) is 61.0 cm³/mol. The molecular formula is C12H12N2O. The van der Waals surface area contributed by atoms with Gasteiger partial charge >= 0.3 is 5.69 Å². The third kappa shape index (κ3) is 1.81. The molecule has 0 radical (unpaired) electrons. The minimum absolute atomic E-state index is 0.283. The lowest BCUT2D eigenvalue weighted by Crippen LogP contribution is -2.08.